The first-order chi connectivity index (χ1) is 10.8. The second-order valence-corrected chi connectivity index (χ2v) is 8.06. The Morgan fingerprint density at radius 1 is 1.26 bits per heavy atom. The van der Waals surface area contributed by atoms with Gasteiger partial charge in [0.2, 0.25) is 5.91 Å². The van der Waals surface area contributed by atoms with E-state index in [-0.39, 0.29) is 11.9 Å². The largest absolute Gasteiger partial charge is 0.326 e. The van der Waals surface area contributed by atoms with E-state index in [1.165, 1.54) is 4.31 Å². The van der Waals surface area contributed by atoms with Crippen LogP contribution in [0.5, 0.6) is 0 Å². The van der Waals surface area contributed by atoms with Crippen LogP contribution in [-0.4, -0.2) is 31.2 Å². The van der Waals surface area contributed by atoms with E-state index in [4.69, 9.17) is 0 Å². The van der Waals surface area contributed by atoms with Crippen LogP contribution in [0.3, 0.4) is 0 Å². The second-order valence-electron chi connectivity index (χ2n) is 6.43. The van der Waals surface area contributed by atoms with Crippen molar-refractivity contribution in [2.75, 3.05) is 16.6 Å². The van der Waals surface area contributed by atoms with Gasteiger partial charge in [-0.05, 0) is 49.9 Å². The first kappa shape index (κ1) is 17.7. The van der Waals surface area contributed by atoms with Crippen molar-refractivity contribution >= 4 is 27.5 Å². The van der Waals surface area contributed by atoms with Crippen LogP contribution in [0.15, 0.2) is 24.3 Å². The molecule has 0 saturated carbocycles. The molecule has 128 valence electrons. The van der Waals surface area contributed by atoms with Crippen LogP contribution in [0.2, 0.25) is 0 Å². The molecule has 1 aromatic rings. The molecule has 1 saturated heterocycles. The predicted molar refractivity (Wildman–Crippen MR) is 92.5 cm³/mol. The van der Waals surface area contributed by atoms with E-state index in [0.717, 1.165) is 12.8 Å². The lowest BCUT2D eigenvalue weighted by Crippen LogP contribution is -2.37. The van der Waals surface area contributed by atoms with Crippen LogP contribution in [-0.2, 0) is 15.0 Å². The van der Waals surface area contributed by atoms with Gasteiger partial charge in [-0.2, -0.15) is 12.7 Å². The van der Waals surface area contributed by atoms with Gasteiger partial charge in [-0.25, -0.2) is 0 Å². The highest BCUT2D eigenvalue weighted by molar-refractivity contribution is 7.90. The molecule has 1 aromatic carbocycles. The molecule has 1 heterocycles. The van der Waals surface area contributed by atoms with Gasteiger partial charge in [0.05, 0.1) is 0 Å². The van der Waals surface area contributed by atoms with Crippen molar-refractivity contribution in [3.8, 4) is 0 Å². The monoisotopic (exact) mass is 339 g/mol. The maximum atomic E-state index is 12.3. The Balaban J connectivity index is 1.98. The summed E-state index contributed by atoms with van der Waals surface area (Å²) >= 11 is 0. The molecule has 1 amide bonds. The number of carbonyl (C=O) groups is 1. The summed E-state index contributed by atoms with van der Waals surface area (Å²) in [6.07, 6.45) is 2.24. The van der Waals surface area contributed by atoms with Crippen LogP contribution >= 0.6 is 0 Å². The zero-order valence-electron chi connectivity index (χ0n) is 13.9. The van der Waals surface area contributed by atoms with Crippen molar-refractivity contribution in [3.63, 3.8) is 0 Å². The first-order valence-corrected chi connectivity index (χ1v) is 9.41. The van der Waals surface area contributed by atoms with Gasteiger partial charge in [-0.1, -0.05) is 13.8 Å². The Bertz CT molecular complexity index is 641. The highest BCUT2D eigenvalue weighted by atomic mass is 32.2. The van der Waals surface area contributed by atoms with Gasteiger partial charge in [0.25, 0.3) is 0 Å². The Labute approximate surface area is 138 Å². The van der Waals surface area contributed by atoms with E-state index in [2.05, 4.69) is 10.0 Å². The van der Waals surface area contributed by atoms with Crippen LogP contribution < -0.4 is 10.0 Å². The zero-order valence-corrected chi connectivity index (χ0v) is 14.7. The van der Waals surface area contributed by atoms with Gasteiger partial charge in [0, 0.05) is 30.4 Å². The molecule has 0 spiro atoms. The minimum Gasteiger partial charge on any atom is -0.326 e. The Kier molecular flexibility index (Phi) is 5.64. The predicted octanol–water partition coefficient (Wildman–Crippen LogP) is 2.81. The fourth-order valence-electron chi connectivity index (χ4n) is 2.68. The highest BCUT2D eigenvalue weighted by Gasteiger charge is 2.31. The summed E-state index contributed by atoms with van der Waals surface area (Å²) in [6.45, 7) is 6.44. The maximum absolute atomic E-state index is 12.3. The fraction of sp³-hybridized carbons (Fsp3) is 0.562. The molecule has 7 heteroatoms. The molecule has 23 heavy (non-hydrogen) atoms. The van der Waals surface area contributed by atoms with Gasteiger partial charge in [-0.3, -0.25) is 9.52 Å². The highest BCUT2D eigenvalue weighted by Crippen LogP contribution is 2.23. The molecular formula is C16H25N3O3S. The quantitative estimate of drug-likeness (QED) is 0.836. The molecule has 2 rings (SSSR count). The molecule has 0 radical (unpaired) electrons. The third-order valence-corrected chi connectivity index (χ3v) is 5.46. The van der Waals surface area contributed by atoms with E-state index in [0.29, 0.717) is 30.3 Å². The standard InChI is InChI=1S/C16H25N3O3S/c1-12(2)11-16(20)17-14-6-8-15(9-7-14)18-23(21,22)19-10-4-5-13(19)3/h6-9,12-13,18H,4-5,10-11H2,1-3H3,(H,17,20)/t13-/m0/s1. The van der Waals surface area contributed by atoms with Crippen molar-refractivity contribution in [2.45, 2.75) is 46.1 Å². The third kappa shape index (κ3) is 4.94. The molecule has 0 aromatic heterocycles. The van der Waals surface area contributed by atoms with E-state index in [9.17, 15) is 13.2 Å². The molecule has 1 atom stereocenters. The van der Waals surface area contributed by atoms with Crippen molar-refractivity contribution in [1.29, 1.82) is 0 Å². The van der Waals surface area contributed by atoms with Crippen LogP contribution in [0.1, 0.15) is 40.0 Å². The molecule has 2 N–H and O–H groups in total. The molecule has 1 fully saturated rings. The number of nitrogens with zero attached hydrogens (tertiary/aromatic N) is 1. The third-order valence-electron chi connectivity index (χ3n) is 3.81. The van der Waals surface area contributed by atoms with Gasteiger partial charge >= 0.3 is 10.2 Å². The summed E-state index contributed by atoms with van der Waals surface area (Å²) in [6, 6.07) is 6.74. The normalized spacial score (nSPS) is 19.0. The summed E-state index contributed by atoms with van der Waals surface area (Å²) < 4.78 is 28.8. The Hall–Kier alpha value is -1.60. The summed E-state index contributed by atoms with van der Waals surface area (Å²) in [7, 11) is -3.52. The average Bonchev–Trinajstić information content (AvgIpc) is 2.87. The molecule has 1 aliphatic heterocycles. The number of anilines is 2. The maximum Gasteiger partial charge on any atom is 0.301 e. The summed E-state index contributed by atoms with van der Waals surface area (Å²) in [5.41, 5.74) is 1.15. The molecule has 1 aliphatic rings. The van der Waals surface area contributed by atoms with Gasteiger partial charge in [0.15, 0.2) is 0 Å². The molecular weight excluding hydrogens is 314 g/mol. The van der Waals surface area contributed by atoms with Gasteiger partial charge in [0.1, 0.15) is 0 Å². The SMILES string of the molecule is CC(C)CC(=O)Nc1ccc(NS(=O)(=O)N2CCC[C@@H]2C)cc1. The lowest BCUT2D eigenvalue weighted by molar-refractivity contribution is -0.116. The lowest BCUT2D eigenvalue weighted by atomic mass is 10.1. The van der Waals surface area contributed by atoms with E-state index < -0.39 is 10.2 Å². The van der Waals surface area contributed by atoms with Crippen LogP contribution in [0.25, 0.3) is 0 Å². The van der Waals surface area contributed by atoms with Crippen molar-refractivity contribution in [3.05, 3.63) is 24.3 Å². The molecule has 0 aliphatic carbocycles. The Morgan fingerprint density at radius 2 is 1.87 bits per heavy atom. The van der Waals surface area contributed by atoms with Crippen LogP contribution in [0, 0.1) is 5.92 Å². The second kappa shape index (κ2) is 7.31. The smallest absolute Gasteiger partial charge is 0.301 e. The first-order valence-electron chi connectivity index (χ1n) is 7.97. The Morgan fingerprint density at radius 3 is 2.39 bits per heavy atom. The van der Waals surface area contributed by atoms with Crippen molar-refractivity contribution in [1.82, 2.24) is 4.31 Å². The van der Waals surface area contributed by atoms with E-state index in [1.54, 1.807) is 24.3 Å². The van der Waals surface area contributed by atoms with Gasteiger partial charge in [-0.15, -0.1) is 0 Å². The molecule has 0 bridgehead atoms. The van der Waals surface area contributed by atoms with Crippen molar-refractivity contribution in [2.24, 2.45) is 5.92 Å². The number of benzene rings is 1. The summed E-state index contributed by atoms with van der Waals surface area (Å²) in [5.74, 6) is 0.253. The number of amides is 1. The van der Waals surface area contributed by atoms with E-state index in [1.807, 2.05) is 20.8 Å². The van der Waals surface area contributed by atoms with Crippen LogP contribution in [0.4, 0.5) is 11.4 Å². The minimum atomic E-state index is -3.52. The summed E-state index contributed by atoms with van der Waals surface area (Å²) in [4.78, 5) is 11.7. The number of nitrogens with one attached hydrogen (secondary N) is 2. The van der Waals surface area contributed by atoms with Gasteiger partial charge < -0.3 is 5.32 Å². The van der Waals surface area contributed by atoms with Crippen molar-refractivity contribution < 1.29 is 13.2 Å². The minimum absolute atomic E-state index is 0.0297. The number of hydrogen-bond donors (Lipinski definition) is 2. The fourth-order valence-corrected chi connectivity index (χ4v) is 4.18. The number of carbonyl (C=O) groups excluding carboxylic acids is 1. The number of hydrogen-bond acceptors (Lipinski definition) is 3. The molecule has 0 unspecified atom stereocenters. The molecule has 6 nitrogen and oxygen atoms in total. The summed E-state index contributed by atoms with van der Waals surface area (Å²) in [5, 5.41) is 2.80. The number of rotatable bonds is 6. The zero-order chi connectivity index (χ0) is 17.0. The topological polar surface area (TPSA) is 78.5 Å². The lowest BCUT2D eigenvalue weighted by Gasteiger charge is -2.21. The van der Waals surface area contributed by atoms with E-state index >= 15 is 0 Å². The average molecular weight is 339 g/mol.